The van der Waals surface area contributed by atoms with Gasteiger partial charge in [0.1, 0.15) is 6.07 Å². The third-order valence-electron chi connectivity index (χ3n) is 3.60. The van der Waals surface area contributed by atoms with Crippen molar-refractivity contribution >= 4 is 5.88 Å². The monoisotopic (exact) mass is 271 g/mol. The minimum Gasteiger partial charge on any atom is -0.459 e. The molecule has 5 heteroatoms. The Kier molecular flexibility index (Phi) is 3.23. The number of hydrogen-bond donors (Lipinski definition) is 0. The molecule has 0 bridgehead atoms. The maximum absolute atomic E-state index is 9.26. The lowest BCUT2D eigenvalue weighted by atomic mass is 9.92. The van der Waals surface area contributed by atoms with Gasteiger partial charge in [0.2, 0.25) is 11.6 Å². The Balaban J connectivity index is 1.95. The van der Waals surface area contributed by atoms with Crippen molar-refractivity contribution in [2.24, 2.45) is 11.8 Å². The minimum atomic E-state index is 0.331. The number of nitriles is 1. The molecule has 0 spiro atoms. The van der Waals surface area contributed by atoms with Gasteiger partial charge in [-0.2, -0.15) is 10.2 Å². The zero-order valence-corrected chi connectivity index (χ0v) is 11.7. The van der Waals surface area contributed by atoms with Crippen LogP contribution >= 0.6 is 0 Å². The number of nitrogens with zero attached hydrogens (tertiary/aromatic N) is 3. The van der Waals surface area contributed by atoms with Gasteiger partial charge in [0.25, 0.3) is 5.89 Å². The number of anilines is 1. The van der Waals surface area contributed by atoms with Crippen molar-refractivity contribution in [1.29, 1.82) is 5.26 Å². The van der Waals surface area contributed by atoms with Gasteiger partial charge in [-0.15, -0.1) is 0 Å². The van der Waals surface area contributed by atoms with E-state index in [0.29, 0.717) is 35.1 Å². The molecule has 104 valence electrons. The van der Waals surface area contributed by atoms with Crippen molar-refractivity contribution in [3.63, 3.8) is 0 Å². The lowest BCUT2D eigenvalue weighted by Crippen LogP contribution is -2.38. The highest BCUT2D eigenvalue weighted by Crippen LogP contribution is 2.32. The zero-order chi connectivity index (χ0) is 14.1. The standard InChI is InChI=1S/C15H17N3O2/c1-10-6-11(2)9-18(8-10)15-12(7-16)17-14(20-15)13-4-3-5-19-13/h3-5,10-11H,6,8-9H2,1-2H3/t10-,11-/m0/s1. The second kappa shape index (κ2) is 5.04. The van der Waals surface area contributed by atoms with Gasteiger partial charge >= 0.3 is 0 Å². The molecular weight excluding hydrogens is 254 g/mol. The summed E-state index contributed by atoms with van der Waals surface area (Å²) in [4.78, 5) is 6.36. The fourth-order valence-electron chi connectivity index (χ4n) is 2.93. The van der Waals surface area contributed by atoms with Gasteiger partial charge in [-0.25, -0.2) is 0 Å². The first kappa shape index (κ1) is 12.8. The van der Waals surface area contributed by atoms with Crippen LogP contribution in [0.25, 0.3) is 11.7 Å². The molecule has 0 N–H and O–H groups in total. The Morgan fingerprint density at radius 2 is 2.10 bits per heavy atom. The summed E-state index contributed by atoms with van der Waals surface area (Å²) in [5, 5.41) is 9.26. The van der Waals surface area contributed by atoms with E-state index in [4.69, 9.17) is 8.83 Å². The average molecular weight is 271 g/mol. The maximum Gasteiger partial charge on any atom is 0.266 e. The van der Waals surface area contributed by atoms with Crippen LogP contribution < -0.4 is 4.90 Å². The average Bonchev–Trinajstić information content (AvgIpc) is 3.06. The van der Waals surface area contributed by atoms with E-state index in [0.717, 1.165) is 13.1 Å². The highest BCUT2D eigenvalue weighted by atomic mass is 16.4. The van der Waals surface area contributed by atoms with E-state index >= 15 is 0 Å². The molecule has 2 atom stereocenters. The molecule has 1 aliphatic heterocycles. The van der Waals surface area contributed by atoms with Crippen molar-refractivity contribution in [2.75, 3.05) is 18.0 Å². The number of aromatic nitrogens is 1. The van der Waals surface area contributed by atoms with E-state index < -0.39 is 0 Å². The van der Waals surface area contributed by atoms with E-state index in [2.05, 4.69) is 29.8 Å². The number of rotatable bonds is 2. The van der Waals surface area contributed by atoms with Crippen molar-refractivity contribution in [3.8, 4) is 17.7 Å². The normalized spacial score (nSPS) is 22.8. The summed E-state index contributed by atoms with van der Waals surface area (Å²) in [5.74, 6) is 2.65. The quantitative estimate of drug-likeness (QED) is 0.838. The van der Waals surface area contributed by atoms with Crippen LogP contribution in [0.5, 0.6) is 0 Å². The lowest BCUT2D eigenvalue weighted by molar-refractivity contribution is 0.343. The number of hydrogen-bond acceptors (Lipinski definition) is 5. The molecule has 0 aromatic carbocycles. The SMILES string of the molecule is C[C@H]1C[C@H](C)CN(c2oc(-c3ccco3)nc2C#N)C1. The molecule has 0 radical (unpaired) electrons. The third kappa shape index (κ3) is 2.29. The largest absolute Gasteiger partial charge is 0.459 e. The summed E-state index contributed by atoms with van der Waals surface area (Å²) in [6.07, 6.45) is 2.77. The van der Waals surface area contributed by atoms with Crippen LogP contribution in [0.3, 0.4) is 0 Å². The molecular formula is C15H17N3O2. The molecule has 0 aliphatic carbocycles. The Labute approximate surface area is 117 Å². The summed E-state index contributed by atoms with van der Waals surface area (Å²) in [5.41, 5.74) is 0.331. The molecule has 0 saturated carbocycles. The van der Waals surface area contributed by atoms with Crippen molar-refractivity contribution in [3.05, 3.63) is 24.1 Å². The topological polar surface area (TPSA) is 66.2 Å². The van der Waals surface area contributed by atoms with Crippen LogP contribution in [0, 0.1) is 23.2 Å². The van der Waals surface area contributed by atoms with Crippen molar-refractivity contribution in [2.45, 2.75) is 20.3 Å². The Morgan fingerprint density at radius 1 is 1.35 bits per heavy atom. The van der Waals surface area contributed by atoms with Gasteiger partial charge in [-0.1, -0.05) is 13.8 Å². The molecule has 3 rings (SSSR count). The molecule has 3 heterocycles. The molecule has 1 fully saturated rings. The summed E-state index contributed by atoms with van der Waals surface area (Å²) in [6.45, 7) is 6.23. The number of piperidine rings is 1. The smallest absolute Gasteiger partial charge is 0.266 e. The Morgan fingerprint density at radius 3 is 2.70 bits per heavy atom. The number of oxazole rings is 1. The number of furan rings is 1. The molecule has 2 aromatic rings. The fraction of sp³-hybridized carbons (Fsp3) is 0.467. The molecule has 5 nitrogen and oxygen atoms in total. The summed E-state index contributed by atoms with van der Waals surface area (Å²) in [6, 6.07) is 5.67. The van der Waals surface area contributed by atoms with Crippen molar-refractivity contribution < 1.29 is 8.83 Å². The van der Waals surface area contributed by atoms with Gasteiger partial charge in [0, 0.05) is 13.1 Å². The Bertz CT molecular complexity index is 614. The predicted molar refractivity (Wildman–Crippen MR) is 74.1 cm³/mol. The van der Waals surface area contributed by atoms with Gasteiger partial charge in [0.15, 0.2) is 5.76 Å². The van der Waals surface area contributed by atoms with Gasteiger partial charge < -0.3 is 13.7 Å². The molecule has 20 heavy (non-hydrogen) atoms. The van der Waals surface area contributed by atoms with Gasteiger partial charge in [-0.3, -0.25) is 0 Å². The van der Waals surface area contributed by atoms with Crippen LogP contribution in [0.2, 0.25) is 0 Å². The van der Waals surface area contributed by atoms with Crippen LogP contribution in [0.1, 0.15) is 26.0 Å². The molecule has 2 aromatic heterocycles. The highest BCUT2D eigenvalue weighted by molar-refractivity contribution is 5.55. The fourth-order valence-corrected chi connectivity index (χ4v) is 2.93. The first-order chi connectivity index (χ1) is 9.67. The van der Waals surface area contributed by atoms with E-state index in [1.54, 1.807) is 18.4 Å². The van der Waals surface area contributed by atoms with Gasteiger partial charge in [-0.05, 0) is 30.4 Å². The molecule has 0 unspecified atom stereocenters. The van der Waals surface area contributed by atoms with Crippen LogP contribution in [0.15, 0.2) is 27.2 Å². The van der Waals surface area contributed by atoms with E-state index in [1.165, 1.54) is 6.42 Å². The second-order valence-corrected chi connectivity index (χ2v) is 5.61. The van der Waals surface area contributed by atoms with Crippen LogP contribution in [-0.2, 0) is 0 Å². The van der Waals surface area contributed by atoms with Crippen molar-refractivity contribution in [1.82, 2.24) is 4.98 Å². The maximum atomic E-state index is 9.26. The molecule has 1 aliphatic rings. The highest BCUT2D eigenvalue weighted by Gasteiger charge is 2.28. The van der Waals surface area contributed by atoms with Crippen LogP contribution in [-0.4, -0.2) is 18.1 Å². The minimum absolute atomic E-state index is 0.331. The summed E-state index contributed by atoms with van der Waals surface area (Å²) < 4.78 is 11.1. The van der Waals surface area contributed by atoms with E-state index in [-0.39, 0.29) is 0 Å². The zero-order valence-electron chi connectivity index (χ0n) is 11.7. The second-order valence-electron chi connectivity index (χ2n) is 5.61. The van der Waals surface area contributed by atoms with Gasteiger partial charge in [0.05, 0.1) is 6.26 Å². The summed E-state index contributed by atoms with van der Waals surface area (Å²) in [7, 11) is 0. The lowest BCUT2D eigenvalue weighted by Gasteiger charge is -2.34. The van der Waals surface area contributed by atoms with E-state index in [1.807, 2.05) is 0 Å². The Hall–Kier alpha value is -2.22. The first-order valence-electron chi connectivity index (χ1n) is 6.87. The first-order valence-corrected chi connectivity index (χ1v) is 6.87. The van der Waals surface area contributed by atoms with Crippen LogP contribution in [0.4, 0.5) is 5.88 Å². The summed E-state index contributed by atoms with van der Waals surface area (Å²) >= 11 is 0. The molecule has 1 saturated heterocycles. The predicted octanol–water partition coefficient (Wildman–Crippen LogP) is 3.29. The third-order valence-corrected chi connectivity index (χ3v) is 3.60. The molecule has 0 amide bonds. The van der Waals surface area contributed by atoms with E-state index in [9.17, 15) is 5.26 Å².